The van der Waals surface area contributed by atoms with Crippen LogP contribution in [0.15, 0.2) is 18.2 Å². The van der Waals surface area contributed by atoms with Crippen LogP contribution < -0.4 is 10.6 Å². The Morgan fingerprint density at radius 3 is 2.50 bits per heavy atom. The third-order valence-electron chi connectivity index (χ3n) is 3.73. The van der Waals surface area contributed by atoms with E-state index in [0.717, 1.165) is 38.2 Å². The Morgan fingerprint density at radius 1 is 1.12 bits per heavy atom. The van der Waals surface area contributed by atoms with Gasteiger partial charge in [0.1, 0.15) is 17.1 Å². The van der Waals surface area contributed by atoms with Gasteiger partial charge in [0.25, 0.3) is 5.91 Å². The van der Waals surface area contributed by atoms with Gasteiger partial charge in [-0.05, 0) is 25.0 Å². The number of hydrogen-bond acceptors (Lipinski definition) is 6. The molecular formula is C16H20N2O6. The minimum Gasteiger partial charge on any atom is -0.508 e. The topological polar surface area (TPSA) is 125 Å². The minimum atomic E-state index is -0.935. The number of aromatic hydroxyl groups is 2. The maximum absolute atomic E-state index is 11.7. The molecule has 0 aromatic heterocycles. The first-order valence-corrected chi connectivity index (χ1v) is 7.75. The number of urea groups is 1. The number of hydrogen-bond donors (Lipinski definition) is 4. The number of amides is 3. The average molecular weight is 336 g/mol. The average Bonchev–Trinajstić information content (AvgIpc) is 2.53. The second-order valence-corrected chi connectivity index (χ2v) is 5.63. The molecule has 0 heterocycles. The van der Waals surface area contributed by atoms with Gasteiger partial charge < -0.3 is 20.3 Å². The quantitative estimate of drug-likeness (QED) is 0.616. The summed E-state index contributed by atoms with van der Waals surface area (Å²) in [6.45, 7) is -0.656. The first-order valence-electron chi connectivity index (χ1n) is 7.75. The molecule has 0 atom stereocenters. The number of carbonyl (C=O) groups is 3. The maximum Gasteiger partial charge on any atom is 0.342 e. The molecule has 1 aromatic carbocycles. The van der Waals surface area contributed by atoms with E-state index in [9.17, 15) is 19.5 Å². The van der Waals surface area contributed by atoms with Crippen LogP contribution in [0.3, 0.4) is 0 Å². The monoisotopic (exact) mass is 336 g/mol. The molecule has 1 saturated carbocycles. The minimum absolute atomic E-state index is 0.0584. The highest BCUT2D eigenvalue weighted by atomic mass is 16.5. The van der Waals surface area contributed by atoms with Crippen LogP contribution in [0, 0.1) is 0 Å². The van der Waals surface area contributed by atoms with Crippen molar-refractivity contribution in [1.29, 1.82) is 0 Å². The van der Waals surface area contributed by atoms with E-state index in [1.165, 1.54) is 12.1 Å². The maximum atomic E-state index is 11.7. The summed E-state index contributed by atoms with van der Waals surface area (Å²) >= 11 is 0. The number of rotatable bonds is 4. The second kappa shape index (κ2) is 8.19. The van der Waals surface area contributed by atoms with Crippen molar-refractivity contribution >= 4 is 17.9 Å². The largest absolute Gasteiger partial charge is 0.508 e. The highest BCUT2D eigenvalue weighted by molar-refractivity contribution is 5.97. The molecule has 1 aromatic rings. The Labute approximate surface area is 138 Å². The number of imide groups is 1. The van der Waals surface area contributed by atoms with E-state index in [1.54, 1.807) is 0 Å². The highest BCUT2D eigenvalue weighted by Gasteiger charge is 2.18. The molecule has 0 unspecified atom stereocenters. The predicted octanol–water partition coefficient (Wildman–Crippen LogP) is 1.41. The van der Waals surface area contributed by atoms with Crippen molar-refractivity contribution in [3.05, 3.63) is 23.8 Å². The second-order valence-electron chi connectivity index (χ2n) is 5.63. The van der Waals surface area contributed by atoms with Crippen molar-refractivity contribution in [3.8, 4) is 11.5 Å². The Morgan fingerprint density at radius 2 is 1.83 bits per heavy atom. The van der Waals surface area contributed by atoms with Gasteiger partial charge in [-0.15, -0.1) is 0 Å². The molecular weight excluding hydrogens is 316 g/mol. The summed E-state index contributed by atoms with van der Waals surface area (Å²) in [6.07, 6.45) is 5.02. The fourth-order valence-corrected chi connectivity index (χ4v) is 2.53. The molecule has 24 heavy (non-hydrogen) atoms. The van der Waals surface area contributed by atoms with Gasteiger partial charge in [-0.2, -0.15) is 0 Å². The van der Waals surface area contributed by atoms with Crippen LogP contribution in [0.25, 0.3) is 0 Å². The summed E-state index contributed by atoms with van der Waals surface area (Å²) in [5, 5.41) is 23.5. The van der Waals surface area contributed by atoms with Crippen molar-refractivity contribution in [2.75, 3.05) is 6.61 Å². The lowest BCUT2D eigenvalue weighted by Crippen LogP contribution is -2.46. The Bertz CT molecular complexity index is 625. The molecule has 1 fully saturated rings. The van der Waals surface area contributed by atoms with E-state index in [0.29, 0.717) is 0 Å². The number of ether oxygens (including phenoxy) is 1. The van der Waals surface area contributed by atoms with Crippen molar-refractivity contribution in [3.63, 3.8) is 0 Å². The van der Waals surface area contributed by atoms with Gasteiger partial charge in [0, 0.05) is 12.1 Å². The molecule has 130 valence electrons. The van der Waals surface area contributed by atoms with Gasteiger partial charge in [-0.3, -0.25) is 10.1 Å². The SMILES string of the molecule is O=C(COC(=O)c1ccc(O)cc1O)NC(=O)NC1CCCCC1. The molecule has 0 radical (unpaired) electrons. The predicted molar refractivity (Wildman–Crippen MR) is 83.6 cm³/mol. The third kappa shape index (κ3) is 5.15. The van der Waals surface area contributed by atoms with Gasteiger partial charge in [-0.1, -0.05) is 19.3 Å². The zero-order valence-corrected chi connectivity index (χ0v) is 13.1. The van der Waals surface area contributed by atoms with Crippen LogP contribution in [-0.2, 0) is 9.53 Å². The van der Waals surface area contributed by atoms with Crippen LogP contribution in [0.2, 0.25) is 0 Å². The van der Waals surface area contributed by atoms with Gasteiger partial charge in [0.2, 0.25) is 0 Å². The van der Waals surface area contributed by atoms with Crippen LogP contribution >= 0.6 is 0 Å². The molecule has 4 N–H and O–H groups in total. The zero-order valence-electron chi connectivity index (χ0n) is 13.1. The molecule has 8 nitrogen and oxygen atoms in total. The lowest BCUT2D eigenvalue weighted by molar-refractivity contribution is -0.123. The molecule has 1 aliphatic rings. The Kier molecular flexibility index (Phi) is 6.00. The molecule has 0 spiro atoms. The number of phenols is 2. The van der Waals surface area contributed by atoms with Gasteiger partial charge >= 0.3 is 12.0 Å². The molecule has 0 aliphatic heterocycles. The van der Waals surface area contributed by atoms with Crippen LogP contribution in [0.1, 0.15) is 42.5 Å². The van der Waals surface area contributed by atoms with E-state index < -0.39 is 30.3 Å². The standard InChI is InChI=1S/C16H20N2O6/c19-11-6-7-12(13(20)8-11)15(22)24-9-14(21)18-16(23)17-10-4-2-1-3-5-10/h6-8,10,19-20H,1-5,9H2,(H2,17,18,21,23). The number of carbonyl (C=O) groups excluding carboxylic acids is 3. The van der Waals surface area contributed by atoms with Crippen molar-refractivity contribution < 1.29 is 29.3 Å². The summed E-state index contributed by atoms with van der Waals surface area (Å²) in [4.78, 5) is 35.0. The van der Waals surface area contributed by atoms with E-state index >= 15 is 0 Å². The first-order chi connectivity index (χ1) is 11.5. The van der Waals surface area contributed by atoms with E-state index in [2.05, 4.69) is 10.6 Å². The van der Waals surface area contributed by atoms with E-state index in [-0.39, 0.29) is 17.4 Å². The van der Waals surface area contributed by atoms with Gasteiger partial charge in [-0.25, -0.2) is 9.59 Å². The highest BCUT2D eigenvalue weighted by Crippen LogP contribution is 2.23. The number of nitrogens with one attached hydrogen (secondary N) is 2. The molecule has 8 heteroatoms. The lowest BCUT2D eigenvalue weighted by Gasteiger charge is -2.22. The van der Waals surface area contributed by atoms with E-state index in [1.807, 2.05) is 0 Å². The smallest absolute Gasteiger partial charge is 0.342 e. The van der Waals surface area contributed by atoms with Crippen LogP contribution in [-0.4, -0.2) is 40.8 Å². The van der Waals surface area contributed by atoms with Gasteiger partial charge in [0.15, 0.2) is 6.61 Å². The summed E-state index contributed by atoms with van der Waals surface area (Å²) in [5.74, 6) is -2.37. The lowest BCUT2D eigenvalue weighted by atomic mass is 9.96. The molecule has 1 aliphatic carbocycles. The third-order valence-corrected chi connectivity index (χ3v) is 3.73. The molecule has 0 bridgehead atoms. The number of esters is 1. The van der Waals surface area contributed by atoms with Crippen LogP contribution in [0.5, 0.6) is 11.5 Å². The van der Waals surface area contributed by atoms with Crippen LogP contribution in [0.4, 0.5) is 4.79 Å². The molecule has 0 saturated heterocycles. The normalized spacial score (nSPS) is 14.7. The Hall–Kier alpha value is -2.77. The van der Waals surface area contributed by atoms with Crippen molar-refractivity contribution in [2.45, 2.75) is 38.1 Å². The summed E-state index contributed by atoms with van der Waals surface area (Å²) in [6, 6.07) is 2.79. The molecule has 3 amide bonds. The fourth-order valence-electron chi connectivity index (χ4n) is 2.53. The fraction of sp³-hybridized carbons (Fsp3) is 0.438. The number of phenolic OH excluding ortho intramolecular Hbond substituents is 2. The van der Waals surface area contributed by atoms with Gasteiger partial charge in [0.05, 0.1) is 0 Å². The first kappa shape index (κ1) is 17.6. The summed E-state index contributed by atoms with van der Waals surface area (Å²) in [7, 11) is 0. The summed E-state index contributed by atoms with van der Waals surface area (Å²) < 4.78 is 4.73. The van der Waals surface area contributed by atoms with E-state index in [4.69, 9.17) is 9.84 Å². The van der Waals surface area contributed by atoms with Crippen molar-refractivity contribution in [2.24, 2.45) is 0 Å². The Balaban J connectivity index is 1.75. The summed E-state index contributed by atoms with van der Waals surface area (Å²) in [5.41, 5.74) is -0.188. The molecule has 2 rings (SSSR count). The van der Waals surface area contributed by atoms with Crippen molar-refractivity contribution in [1.82, 2.24) is 10.6 Å². The number of benzene rings is 1. The zero-order chi connectivity index (χ0) is 17.5.